The second kappa shape index (κ2) is 6.88. The molecule has 0 aromatic carbocycles. The topological polar surface area (TPSA) is 56.0 Å². The third kappa shape index (κ3) is 3.43. The van der Waals surface area contributed by atoms with Crippen LogP contribution in [0.2, 0.25) is 5.02 Å². The predicted molar refractivity (Wildman–Crippen MR) is 86.1 cm³/mol. The molecule has 6 nitrogen and oxygen atoms in total. The number of aryl methyl sites for hydroxylation is 2. The van der Waals surface area contributed by atoms with Gasteiger partial charge >= 0.3 is 0 Å². The minimum atomic E-state index is -2.77. The van der Waals surface area contributed by atoms with Gasteiger partial charge in [0.15, 0.2) is 0 Å². The molecular weight excluding hydrogens is 340 g/mol. The Hall–Kier alpha value is -1.96. The van der Waals surface area contributed by atoms with E-state index in [0.717, 1.165) is 17.0 Å². The van der Waals surface area contributed by atoms with Gasteiger partial charge < -0.3 is 4.90 Å². The van der Waals surface area contributed by atoms with Gasteiger partial charge in [-0.2, -0.15) is 10.2 Å². The first-order valence-electron chi connectivity index (χ1n) is 7.37. The summed E-state index contributed by atoms with van der Waals surface area (Å²) < 4.78 is 28.6. The fourth-order valence-corrected chi connectivity index (χ4v) is 2.68. The van der Waals surface area contributed by atoms with Gasteiger partial charge in [0.2, 0.25) is 5.91 Å². The number of rotatable bonds is 5. The third-order valence-corrected chi connectivity index (χ3v) is 4.60. The predicted octanol–water partition coefficient (Wildman–Crippen LogP) is 2.79. The number of halogens is 3. The number of likely N-dealkylation sites (N-methyl/N-ethyl adjacent to an activating group) is 1. The molecule has 0 aliphatic heterocycles. The maximum Gasteiger partial charge on any atom is 0.283 e. The van der Waals surface area contributed by atoms with Crippen molar-refractivity contribution in [3.63, 3.8) is 0 Å². The highest BCUT2D eigenvalue weighted by molar-refractivity contribution is 6.31. The first-order valence-corrected chi connectivity index (χ1v) is 7.75. The second-order valence-corrected chi connectivity index (χ2v) is 6.14. The van der Waals surface area contributed by atoms with E-state index in [1.165, 1.54) is 9.58 Å². The Morgan fingerprint density at radius 1 is 1.25 bits per heavy atom. The van der Waals surface area contributed by atoms with Gasteiger partial charge in [-0.1, -0.05) is 11.6 Å². The summed E-state index contributed by atoms with van der Waals surface area (Å²) in [5, 5.41) is 7.97. The number of aromatic nitrogens is 4. The number of amides is 1. The summed E-state index contributed by atoms with van der Waals surface area (Å²) >= 11 is 5.85. The fourth-order valence-electron chi connectivity index (χ4n) is 2.46. The van der Waals surface area contributed by atoms with Crippen molar-refractivity contribution in [2.75, 3.05) is 7.05 Å². The quantitative estimate of drug-likeness (QED) is 0.824. The van der Waals surface area contributed by atoms with Crippen LogP contribution in [0.25, 0.3) is 0 Å². The van der Waals surface area contributed by atoms with E-state index < -0.39 is 12.1 Å². The summed E-state index contributed by atoms with van der Waals surface area (Å²) in [6.45, 7) is 5.62. The molecule has 0 saturated heterocycles. The van der Waals surface area contributed by atoms with E-state index in [1.807, 2.05) is 20.9 Å². The largest absolute Gasteiger partial charge is 0.340 e. The number of carbonyl (C=O) groups is 1. The van der Waals surface area contributed by atoms with Crippen LogP contribution < -0.4 is 0 Å². The number of nitrogens with zero attached hydrogens (tertiary/aromatic N) is 5. The standard InChI is InChI=1S/C15H20ClF2N5O/c1-8-11(9(2)22(5)19-8)6-21(4)12(24)7-23-10(3)13(16)14(20-23)15(17)18/h15H,6-7H2,1-5H3. The summed E-state index contributed by atoms with van der Waals surface area (Å²) in [5.41, 5.74) is 2.65. The highest BCUT2D eigenvalue weighted by Crippen LogP contribution is 2.28. The molecule has 0 N–H and O–H groups in total. The third-order valence-electron chi connectivity index (χ3n) is 4.13. The van der Waals surface area contributed by atoms with Crippen molar-refractivity contribution < 1.29 is 13.6 Å². The zero-order valence-electron chi connectivity index (χ0n) is 14.3. The smallest absolute Gasteiger partial charge is 0.283 e. The molecule has 2 aromatic heterocycles. The van der Waals surface area contributed by atoms with Gasteiger partial charge in [0.25, 0.3) is 6.43 Å². The van der Waals surface area contributed by atoms with Crippen molar-refractivity contribution in [3.8, 4) is 0 Å². The van der Waals surface area contributed by atoms with E-state index in [2.05, 4.69) is 10.2 Å². The summed E-state index contributed by atoms with van der Waals surface area (Å²) in [5.74, 6) is -0.249. The first-order chi connectivity index (χ1) is 11.1. The Labute approximate surface area is 144 Å². The average Bonchev–Trinajstić information content (AvgIpc) is 2.91. The van der Waals surface area contributed by atoms with E-state index in [0.29, 0.717) is 12.2 Å². The lowest BCUT2D eigenvalue weighted by Gasteiger charge is -2.18. The van der Waals surface area contributed by atoms with Crippen LogP contribution in [-0.2, 0) is 24.9 Å². The molecule has 0 spiro atoms. The van der Waals surface area contributed by atoms with Crippen molar-refractivity contribution in [2.24, 2.45) is 7.05 Å². The van der Waals surface area contributed by atoms with E-state index in [-0.39, 0.29) is 17.5 Å². The van der Waals surface area contributed by atoms with Crippen LogP contribution in [0.3, 0.4) is 0 Å². The van der Waals surface area contributed by atoms with Crippen LogP contribution in [0.5, 0.6) is 0 Å². The lowest BCUT2D eigenvalue weighted by Crippen LogP contribution is -2.30. The highest BCUT2D eigenvalue weighted by atomic mass is 35.5. The maximum absolute atomic E-state index is 12.8. The number of hydrogen-bond acceptors (Lipinski definition) is 3. The lowest BCUT2D eigenvalue weighted by atomic mass is 10.2. The fraction of sp³-hybridized carbons (Fsp3) is 0.533. The maximum atomic E-state index is 12.8. The van der Waals surface area contributed by atoms with E-state index in [9.17, 15) is 13.6 Å². The van der Waals surface area contributed by atoms with Crippen LogP contribution >= 0.6 is 11.6 Å². The molecule has 24 heavy (non-hydrogen) atoms. The molecule has 0 saturated carbocycles. The molecule has 2 rings (SSSR count). The van der Waals surface area contributed by atoms with Gasteiger partial charge in [-0.3, -0.25) is 14.2 Å². The zero-order valence-corrected chi connectivity index (χ0v) is 15.0. The van der Waals surface area contributed by atoms with Crippen LogP contribution in [-0.4, -0.2) is 37.4 Å². The summed E-state index contributed by atoms with van der Waals surface area (Å²) in [6, 6.07) is 0. The molecule has 2 aromatic rings. The molecule has 0 radical (unpaired) electrons. The Kier molecular flexibility index (Phi) is 5.27. The molecule has 0 bridgehead atoms. The molecule has 132 valence electrons. The number of carbonyl (C=O) groups excluding carboxylic acids is 1. The molecule has 0 atom stereocenters. The number of hydrogen-bond donors (Lipinski definition) is 0. The number of alkyl halides is 2. The molecule has 0 aliphatic carbocycles. The Balaban J connectivity index is 2.14. The highest BCUT2D eigenvalue weighted by Gasteiger charge is 2.23. The average molecular weight is 360 g/mol. The van der Waals surface area contributed by atoms with Crippen LogP contribution in [0.1, 0.15) is 34.8 Å². The van der Waals surface area contributed by atoms with Crippen molar-refractivity contribution >= 4 is 17.5 Å². The van der Waals surface area contributed by atoms with Crippen LogP contribution in [0, 0.1) is 20.8 Å². The minimum absolute atomic E-state index is 0.0978. The van der Waals surface area contributed by atoms with Crippen LogP contribution in [0.4, 0.5) is 8.78 Å². The minimum Gasteiger partial charge on any atom is -0.340 e. The van der Waals surface area contributed by atoms with Crippen molar-refractivity contribution in [3.05, 3.63) is 33.4 Å². The van der Waals surface area contributed by atoms with Gasteiger partial charge in [-0.15, -0.1) is 0 Å². The Morgan fingerprint density at radius 3 is 2.33 bits per heavy atom. The first kappa shape index (κ1) is 18.4. The molecule has 1 amide bonds. The Morgan fingerprint density at radius 2 is 1.88 bits per heavy atom. The van der Waals surface area contributed by atoms with Crippen molar-refractivity contribution in [1.82, 2.24) is 24.5 Å². The molecule has 2 heterocycles. The SMILES string of the molecule is Cc1nn(C)c(C)c1CN(C)C(=O)Cn1nc(C(F)F)c(Cl)c1C. The van der Waals surface area contributed by atoms with Gasteiger partial charge in [-0.05, 0) is 20.8 Å². The molecule has 0 fully saturated rings. The lowest BCUT2D eigenvalue weighted by molar-refractivity contribution is -0.131. The second-order valence-electron chi connectivity index (χ2n) is 5.77. The molecular formula is C15H20ClF2N5O. The zero-order chi connectivity index (χ0) is 18.2. The summed E-state index contributed by atoms with van der Waals surface area (Å²) in [7, 11) is 3.50. The van der Waals surface area contributed by atoms with E-state index in [4.69, 9.17) is 11.6 Å². The van der Waals surface area contributed by atoms with Crippen LogP contribution in [0.15, 0.2) is 0 Å². The van der Waals surface area contributed by atoms with E-state index >= 15 is 0 Å². The Bertz CT molecular complexity index is 768. The van der Waals surface area contributed by atoms with Crippen molar-refractivity contribution in [1.29, 1.82) is 0 Å². The normalized spacial score (nSPS) is 11.4. The summed E-state index contributed by atoms with van der Waals surface area (Å²) in [6.07, 6.45) is -2.77. The molecule has 0 unspecified atom stereocenters. The van der Waals surface area contributed by atoms with Gasteiger partial charge in [-0.25, -0.2) is 8.78 Å². The molecule has 9 heteroatoms. The van der Waals surface area contributed by atoms with E-state index in [1.54, 1.807) is 18.7 Å². The monoisotopic (exact) mass is 359 g/mol. The van der Waals surface area contributed by atoms with Gasteiger partial charge in [0.1, 0.15) is 12.2 Å². The van der Waals surface area contributed by atoms with Gasteiger partial charge in [0.05, 0.1) is 16.4 Å². The van der Waals surface area contributed by atoms with Crippen molar-refractivity contribution in [2.45, 2.75) is 40.3 Å². The summed E-state index contributed by atoms with van der Waals surface area (Å²) in [4.78, 5) is 13.9. The molecule has 0 aliphatic rings. The van der Waals surface area contributed by atoms with Gasteiger partial charge in [0, 0.05) is 31.9 Å².